The van der Waals surface area contributed by atoms with Crippen molar-refractivity contribution in [3.05, 3.63) is 83.2 Å². The second-order valence-electron chi connectivity index (χ2n) is 7.17. The minimum atomic E-state index is -0.328. The average Bonchev–Trinajstić information content (AvgIpc) is 3.28. The Morgan fingerprint density at radius 2 is 1.81 bits per heavy atom. The van der Waals surface area contributed by atoms with Crippen LogP contribution in [-0.4, -0.2) is 36.3 Å². The number of hydrogen-bond donors (Lipinski definition) is 2. The Kier molecular flexibility index (Phi) is 6.22. The summed E-state index contributed by atoms with van der Waals surface area (Å²) in [5.74, 6) is 6.01. The highest BCUT2D eigenvalue weighted by molar-refractivity contribution is 7.99. The van der Waals surface area contributed by atoms with E-state index in [1.807, 2.05) is 44.2 Å². The van der Waals surface area contributed by atoms with Crippen molar-refractivity contribution < 1.29 is 9.18 Å². The molecular weight excluding hydrogens is 429 g/mol. The Morgan fingerprint density at radius 1 is 1.09 bits per heavy atom. The van der Waals surface area contributed by atoms with Gasteiger partial charge in [0.2, 0.25) is 11.1 Å². The zero-order chi connectivity index (χ0) is 22.7. The third-order valence-corrected chi connectivity index (χ3v) is 5.87. The quantitative estimate of drug-likeness (QED) is 0.330. The van der Waals surface area contributed by atoms with Crippen LogP contribution >= 0.6 is 11.8 Å². The number of nitrogens with one attached hydrogen (secondary N) is 1. The number of amides is 1. The molecule has 8 nitrogen and oxygen atoms in total. The fourth-order valence-electron chi connectivity index (χ4n) is 3.29. The molecule has 0 saturated heterocycles. The molecule has 0 aliphatic rings. The van der Waals surface area contributed by atoms with Crippen LogP contribution in [-0.2, 0) is 11.2 Å². The zero-order valence-electron chi connectivity index (χ0n) is 17.6. The first-order valence-corrected chi connectivity index (χ1v) is 10.9. The van der Waals surface area contributed by atoms with Gasteiger partial charge in [0.1, 0.15) is 5.82 Å². The summed E-state index contributed by atoms with van der Waals surface area (Å²) in [7, 11) is 0. The van der Waals surface area contributed by atoms with Gasteiger partial charge in [-0.2, -0.15) is 5.10 Å². The summed E-state index contributed by atoms with van der Waals surface area (Å²) in [6.07, 6.45) is 0.208. The van der Waals surface area contributed by atoms with Crippen LogP contribution in [0.3, 0.4) is 0 Å². The maximum absolute atomic E-state index is 13.9. The summed E-state index contributed by atoms with van der Waals surface area (Å²) >= 11 is 1.16. The van der Waals surface area contributed by atoms with Gasteiger partial charge >= 0.3 is 0 Å². The van der Waals surface area contributed by atoms with Crippen molar-refractivity contribution in [1.29, 1.82) is 0 Å². The van der Waals surface area contributed by atoms with Crippen molar-refractivity contribution >= 4 is 23.4 Å². The van der Waals surface area contributed by atoms with Gasteiger partial charge in [-0.05, 0) is 37.6 Å². The lowest BCUT2D eigenvalue weighted by molar-refractivity contribution is -0.113. The van der Waals surface area contributed by atoms with E-state index in [0.29, 0.717) is 22.2 Å². The molecule has 0 saturated carbocycles. The molecule has 3 N–H and O–H groups in total. The SMILES string of the molecule is Cc1nn(-c2ccccc2)c(C)c1NC(=O)CSc1nnc(Cc2ccccc2F)n1N. The first kappa shape index (κ1) is 21.6. The maximum atomic E-state index is 13.9. The molecule has 2 heterocycles. The molecule has 0 aliphatic heterocycles. The third kappa shape index (κ3) is 4.50. The Morgan fingerprint density at radius 3 is 2.56 bits per heavy atom. The Balaban J connectivity index is 1.41. The van der Waals surface area contributed by atoms with Crippen molar-refractivity contribution in [3.8, 4) is 5.69 Å². The second kappa shape index (κ2) is 9.23. The molecule has 164 valence electrons. The predicted octanol–water partition coefficient (Wildman–Crippen LogP) is 3.26. The number of aromatic nitrogens is 5. The first-order chi connectivity index (χ1) is 15.4. The molecule has 0 radical (unpaired) electrons. The molecule has 1 amide bonds. The topological polar surface area (TPSA) is 104 Å². The summed E-state index contributed by atoms with van der Waals surface area (Å²) < 4.78 is 17.0. The van der Waals surface area contributed by atoms with Crippen molar-refractivity contribution in [2.24, 2.45) is 0 Å². The second-order valence-corrected chi connectivity index (χ2v) is 8.11. The Hall–Kier alpha value is -3.66. The minimum absolute atomic E-state index is 0.0877. The van der Waals surface area contributed by atoms with Crippen molar-refractivity contribution in [2.45, 2.75) is 25.4 Å². The number of benzene rings is 2. The van der Waals surface area contributed by atoms with Crippen LogP contribution in [0.15, 0.2) is 59.8 Å². The standard InChI is InChI=1S/C22H22FN7OS/c1-14-21(15(2)30(28-14)17-9-4-3-5-10-17)25-20(31)13-32-22-27-26-19(29(22)24)12-16-8-6-7-11-18(16)23/h3-11H,12-13,24H2,1-2H3,(H,25,31). The normalized spacial score (nSPS) is 11.0. The number of halogens is 1. The largest absolute Gasteiger partial charge is 0.336 e. The fourth-order valence-corrected chi connectivity index (χ4v) is 3.96. The van der Waals surface area contributed by atoms with E-state index in [-0.39, 0.29) is 23.9 Å². The summed E-state index contributed by atoms with van der Waals surface area (Å²) in [4.78, 5) is 12.6. The molecule has 0 fully saturated rings. The number of hydrogen-bond acceptors (Lipinski definition) is 6. The molecular formula is C22H22FN7OS. The highest BCUT2D eigenvalue weighted by atomic mass is 32.2. The zero-order valence-corrected chi connectivity index (χ0v) is 18.4. The van der Waals surface area contributed by atoms with Crippen LogP contribution in [0.5, 0.6) is 0 Å². The maximum Gasteiger partial charge on any atom is 0.234 e. The molecule has 0 unspecified atom stereocenters. The number of carbonyl (C=O) groups excluding carboxylic acids is 1. The van der Waals surface area contributed by atoms with Crippen LogP contribution in [0.1, 0.15) is 22.8 Å². The molecule has 2 aromatic carbocycles. The van der Waals surface area contributed by atoms with Gasteiger partial charge in [0.25, 0.3) is 0 Å². The number of thioether (sulfide) groups is 1. The van der Waals surface area contributed by atoms with Gasteiger partial charge in [-0.15, -0.1) is 10.2 Å². The van der Waals surface area contributed by atoms with E-state index in [2.05, 4.69) is 20.6 Å². The lowest BCUT2D eigenvalue weighted by Crippen LogP contribution is -2.18. The molecule has 0 atom stereocenters. The molecule has 0 aliphatic carbocycles. The lowest BCUT2D eigenvalue weighted by Gasteiger charge is -2.07. The summed E-state index contributed by atoms with van der Waals surface area (Å²) in [6, 6.07) is 16.1. The van der Waals surface area contributed by atoms with Crippen LogP contribution in [0.25, 0.3) is 5.69 Å². The van der Waals surface area contributed by atoms with Gasteiger partial charge in [0.15, 0.2) is 5.82 Å². The number of nitrogen functional groups attached to an aromatic ring is 1. The number of para-hydroxylation sites is 1. The molecule has 2 aromatic heterocycles. The monoisotopic (exact) mass is 451 g/mol. The van der Waals surface area contributed by atoms with Crippen molar-refractivity contribution in [2.75, 3.05) is 16.9 Å². The average molecular weight is 452 g/mol. The molecule has 32 heavy (non-hydrogen) atoms. The van der Waals surface area contributed by atoms with Crippen LogP contribution in [0.4, 0.5) is 10.1 Å². The number of aryl methyl sites for hydroxylation is 1. The van der Waals surface area contributed by atoms with Gasteiger partial charge in [-0.25, -0.2) is 13.7 Å². The minimum Gasteiger partial charge on any atom is -0.336 e. The number of nitrogens with zero attached hydrogens (tertiary/aromatic N) is 5. The van der Waals surface area contributed by atoms with E-state index in [1.54, 1.807) is 22.9 Å². The van der Waals surface area contributed by atoms with E-state index in [9.17, 15) is 9.18 Å². The van der Waals surface area contributed by atoms with E-state index < -0.39 is 0 Å². The number of carbonyl (C=O) groups is 1. The highest BCUT2D eigenvalue weighted by Crippen LogP contribution is 2.24. The van der Waals surface area contributed by atoms with E-state index >= 15 is 0 Å². The van der Waals surface area contributed by atoms with E-state index in [0.717, 1.165) is 28.8 Å². The predicted molar refractivity (Wildman–Crippen MR) is 122 cm³/mol. The van der Waals surface area contributed by atoms with Crippen LogP contribution < -0.4 is 11.2 Å². The summed E-state index contributed by atoms with van der Waals surface area (Å²) in [6.45, 7) is 3.75. The number of nitrogens with two attached hydrogens (primary N) is 1. The molecule has 0 spiro atoms. The van der Waals surface area contributed by atoms with Gasteiger partial charge < -0.3 is 11.2 Å². The van der Waals surface area contributed by atoms with E-state index in [4.69, 9.17) is 5.84 Å². The van der Waals surface area contributed by atoms with Gasteiger partial charge in [-0.1, -0.05) is 48.2 Å². The van der Waals surface area contributed by atoms with Crippen LogP contribution in [0, 0.1) is 19.7 Å². The smallest absolute Gasteiger partial charge is 0.234 e. The molecule has 10 heteroatoms. The van der Waals surface area contributed by atoms with Gasteiger partial charge in [-0.3, -0.25) is 4.79 Å². The summed E-state index contributed by atoms with van der Waals surface area (Å²) in [5.41, 5.74) is 3.62. The molecule has 0 bridgehead atoms. The van der Waals surface area contributed by atoms with Crippen molar-refractivity contribution in [1.82, 2.24) is 24.7 Å². The fraction of sp³-hybridized carbons (Fsp3) is 0.182. The van der Waals surface area contributed by atoms with Crippen molar-refractivity contribution in [3.63, 3.8) is 0 Å². The summed E-state index contributed by atoms with van der Waals surface area (Å²) in [5, 5.41) is 15.9. The number of rotatable bonds is 7. The Labute approximate surface area is 188 Å². The molecule has 4 rings (SSSR count). The Bertz CT molecular complexity index is 1250. The molecule has 4 aromatic rings. The van der Waals surface area contributed by atoms with Gasteiger partial charge in [0, 0.05) is 6.42 Å². The van der Waals surface area contributed by atoms with E-state index in [1.165, 1.54) is 10.7 Å². The third-order valence-electron chi connectivity index (χ3n) is 4.93. The lowest BCUT2D eigenvalue weighted by atomic mass is 10.1. The van der Waals surface area contributed by atoms with Crippen LogP contribution in [0.2, 0.25) is 0 Å². The highest BCUT2D eigenvalue weighted by Gasteiger charge is 2.17. The first-order valence-electron chi connectivity index (χ1n) is 9.91. The van der Waals surface area contributed by atoms with Gasteiger partial charge in [0.05, 0.1) is 28.5 Å². The number of anilines is 1.